The fourth-order valence-corrected chi connectivity index (χ4v) is 4.45. The minimum absolute atomic E-state index is 0.0357. The van der Waals surface area contributed by atoms with E-state index in [0.29, 0.717) is 25.5 Å². The van der Waals surface area contributed by atoms with Gasteiger partial charge in [0.1, 0.15) is 0 Å². The van der Waals surface area contributed by atoms with Gasteiger partial charge in [-0.05, 0) is 18.8 Å². The van der Waals surface area contributed by atoms with Crippen molar-refractivity contribution in [1.82, 2.24) is 9.62 Å². The van der Waals surface area contributed by atoms with Crippen molar-refractivity contribution < 1.29 is 13.2 Å². The molecule has 1 rings (SSSR count). The van der Waals surface area contributed by atoms with Crippen LogP contribution in [0.4, 0.5) is 0 Å². The molecule has 5 nitrogen and oxygen atoms in total. The molecule has 126 valence electrons. The van der Waals surface area contributed by atoms with Gasteiger partial charge in [-0.1, -0.05) is 34.1 Å². The van der Waals surface area contributed by atoms with Crippen LogP contribution in [0.25, 0.3) is 0 Å². The number of hydrogen-bond acceptors (Lipinski definition) is 4. The largest absolute Gasteiger partial charge is 0.374 e. The number of nitrogens with one attached hydrogen (secondary N) is 1. The van der Waals surface area contributed by atoms with E-state index >= 15 is 0 Å². The Labute approximate surface area is 130 Å². The molecule has 0 aromatic carbocycles. The van der Waals surface area contributed by atoms with E-state index in [4.69, 9.17) is 4.74 Å². The molecule has 0 aliphatic carbocycles. The van der Waals surface area contributed by atoms with Gasteiger partial charge in [-0.15, -0.1) is 0 Å². The molecule has 0 unspecified atom stereocenters. The standard InChI is InChI=1S/C15H32N2O3S/c1-5-7-15(6-2)21(18,19)16-10-14-12-17(8-9-20-14)11-13(3)4/h13-16H,5-12H2,1-4H3/t14-,15+/m1/s1. The summed E-state index contributed by atoms with van der Waals surface area (Å²) in [6, 6.07) is 0. The third-order valence-electron chi connectivity index (χ3n) is 3.86. The van der Waals surface area contributed by atoms with E-state index in [2.05, 4.69) is 23.5 Å². The zero-order valence-electron chi connectivity index (χ0n) is 14.0. The van der Waals surface area contributed by atoms with Gasteiger partial charge < -0.3 is 4.74 Å². The van der Waals surface area contributed by atoms with E-state index in [1.165, 1.54) is 0 Å². The fraction of sp³-hybridized carbons (Fsp3) is 1.00. The maximum Gasteiger partial charge on any atom is 0.214 e. The summed E-state index contributed by atoms with van der Waals surface area (Å²) in [6.45, 7) is 12.2. The predicted octanol–water partition coefficient (Wildman–Crippen LogP) is 1.84. The van der Waals surface area contributed by atoms with Crippen LogP contribution in [0, 0.1) is 5.92 Å². The van der Waals surface area contributed by atoms with Crippen molar-refractivity contribution in [1.29, 1.82) is 0 Å². The average molecular weight is 320 g/mol. The summed E-state index contributed by atoms with van der Waals surface area (Å²) < 4.78 is 33.0. The molecule has 2 atom stereocenters. The Balaban J connectivity index is 2.46. The molecule has 1 N–H and O–H groups in total. The Morgan fingerprint density at radius 1 is 1.33 bits per heavy atom. The fourth-order valence-electron chi connectivity index (χ4n) is 2.81. The lowest BCUT2D eigenvalue weighted by Gasteiger charge is -2.34. The van der Waals surface area contributed by atoms with Crippen LogP contribution in [-0.2, 0) is 14.8 Å². The Bertz CT molecular complexity index is 384. The van der Waals surface area contributed by atoms with Crippen LogP contribution < -0.4 is 4.72 Å². The van der Waals surface area contributed by atoms with Crippen molar-refractivity contribution in [3.05, 3.63) is 0 Å². The summed E-state index contributed by atoms with van der Waals surface area (Å²) in [5.41, 5.74) is 0. The molecular weight excluding hydrogens is 288 g/mol. The van der Waals surface area contributed by atoms with E-state index in [-0.39, 0.29) is 11.4 Å². The monoisotopic (exact) mass is 320 g/mol. The maximum absolute atomic E-state index is 12.3. The molecule has 0 bridgehead atoms. The highest BCUT2D eigenvalue weighted by Gasteiger charge is 2.26. The van der Waals surface area contributed by atoms with Crippen LogP contribution in [0.1, 0.15) is 47.0 Å². The maximum atomic E-state index is 12.3. The topological polar surface area (TPSA) is 58.6 Å². The normalized spacial score (nSPS) is 22.6. The van der Waals surface area contributed by atoms with Crippen LogP contribution in [0.3, 0.4) is 0 Å². The molecule has 21 heavy (non-hydrogen) atoms. The van der Waals surface area contributed by atoms with E-state index in [0.717, 1.165) is 32.5 Å². The van der Waals surface area contributed by atoms with Crippen molar-refractivity contribution in [2.24, 2.45) is 5.92 Å². The van der Waals surface area contributed by atoms with Crippen molar-refractivity contribution >= 4 is 10.0 Å². The molecule has 1 aliphatic heterocycles. The summed E-state index contributed by atoms with van der Waals surface area (Å²) in [5, 5.41) is -0.280. The second-order valence-electron chi connectivity index (χ2n) is 6.36. The quantitative estimate of drug-likeness (QED) is 0.704. The first-order valence-corrected chi connectivity index (χ1v) is 9.76. The summed E-state index contributed by atoms with van der Waals surface area (Å²) >= 11 is 0. The molecule has 0 aromatic rings. The van der Waals surface area contributed by atoms with Gasteiger partial charge in [0.2, 0.25) is 10.0 Å². The molecule has 0 saturated carbocycles. The highest BCUT2D eigenvalue weighted by molar-refractivity contribution is 7.90. The number of hydrogen-bond donors (Lipinski definition) is 1. The van der Waals surface area contributed by atoms with Gasteiger partial charge in [0.15, 0.2) is 0 Å². The third kappa shape index (κ3) is 6.63. The average Bonchev–Trinajstić information content (AvgIpc) is 2.42. The number of sulfonamides is 1. The number of nitrogens with zero attached hydrogens (tertiary/aromatic N) is 1. The first-order chi connectivity index (χ1) is 9.89. The highest BCUT2D eigenvalue weighted by atomic mass is 32.2. The molecule has 1 fully saturated rings. The van der Waals surface area contributed by atoms with Gasteiger partial charge in [-0.25, -0.2) is 13.1 Å². The summed E-state index contributed by atoms with van der Waals surface area (Å²) in [6.07, 6.45) is 2.23. The minimum Gasteiger partial charge on any atom is -0.374 e. The Morgan fingerprint density at radius 2 is 2.05 bits per heavy atom. The zero-order chi connectivity index (χ0) is 15.9. The number of rotatable bonds is 9. The molecule has 1 heterocycles. The molecule has 6 heteroatoms. The van der Waals surface area contributed by atoms with Gasteiger partial charge >= 0.3 is 0 Å². The SMILES string of the molecule is CCC[C@H](CC)S(=O)(=O)NC[C@@H]1CN(CC(C)C)CCO1. The first-order valence-electron chi connectivity index (χ1n) is 8.21. The summed E-state index contributed by atoms with van der Waals surface area (Å²) in [4.78, 5) is 2.36. The van der Waals surface area contributed by atoms with Crippen molar-refractivity contribution in [2.45, 2.75) is 58.3 Å². The summed E-state index contributed by atoms with van der Waals surface area (Å²) in [7, 11) is -3.22. The minimum atomic E-state index is -3.22. The first kappa shape index (κ1) is 18.9. The van der Waals surface area contributed by atoms with Gasteiger partial charge in [0, 0.05) is 26.2 Å². The lowest BCUT2D eigenvalue weighted by molar-refractivity contribution is -0.0280. The van der Waals surface area contributed by atoms with E-state index in [9.17, 15) is 8.42 Å². The molecule has 0 amide bonds. The Morgan fingerprint density at radius 3 is 2.62 bits per heavy atom. The molecule has 0 spiro atoms. The van der Waals surface area contributed by atoms with Crippen LogP contribution in [0.15, 0.2) is 0 Å². The van der Waals surface area contributed by atoms with Crippen molar-refractivity contribution in [3.8, 4) is 0 Å². The van der Waals surface area contributed by atoms with Gasteiger partial charge in [-0.2, -0.15) is 0 Å². The number of ether oxygens (including phenoxy) is 1. The predicted molar refractivity (Wildman–Crippen MR) is 86.9 cm³/mol. The second kappa shape index (κ2) is 9.08. The molecule has 0 radical (unpaired) electrons. The van der Waals surface area contributed by atoms with Gasteiger partial charge in [0.05, 0.1) is 18.0 Å². The van der Waals surface area contributed by atoms with Crippen LogP contribution in [-0.4, -0.2) is 57.5 Å². The van der Waals surface area contributed by atoms with Crippen molar-refractivity contribution in [3.63, 3.8) is 0 Å². The second-order valence-corrected chi connectivity index (χ2v) is 8.40. The van der Waals surface area contributed by atoms with E-state index in [1.54, 1.807) is 0 Å². The Hall–Kier alpha value is -0.170. The third-order valence-corrected chi connectivity index (χ3v) is 5.88. The van der Waals surface area contributed by atoms with Gasteiger partial charge in [0.25, 0.3) is 0 Å². The molecule has 0 aromatic heterocycles. The molecule has 1 aliphatic rings. The van der Waals surface area contributed by atoms with E-state index in [1.807, 2.05) is 13.8 Å². The smallest absolute Gasteiger partial charge is 0.214 e. The molecular formula is C15H32N2O3S. The lowest BCUT2D eigenvalue weighted by atomic mass is 10.2. The summed E-state index contributed by atoms with van der Waals surface area (Å²) in [5.74, 6) is 0.620. The highest BCUT2D eigenvalue weighted by Crippen LogP contribution is 2.12. The number of morpholine rings is 1. The van der Waals surface area contributed by atoms with E-state index < -0.39 is 10.0 Å². The Kier molecular flexibility index (Phi) is 8.16. The van der Waals surface area contributed by atoms with Crippen LogP contribution in [0.2, 0.25) is 0 Å². The lowest BCUT2D eigenvalue weighted by Crippen LogP contribution is -2.49. The van der Waals surface area contributed by atoms with Gasteiger partial charge in [-0.3, -0.25) is 4.90 Å². The van der Waals surface area contributed by atoms with Crippen molar-refractivity contribution in [2.75, 3.05) is 32.8 Å². The zero-order valence-corrected chi connectivity index (χ0v) is 14.8. The van der Waals surface area contributed by atoms with Crippen LogP contribution in [0.5, 0.6) is 0 Å². The van der Waals surface area contributed by atoms with Crippen LogP contribution >= 0.6 is 0 Å². The molecule has 1 saturated heterocycles.